The minimum absolute atomic E-state index is 0.140. The molecule has 0 aliphatic heterocycles. The molecule has 0 atom stereocenters. The Labute approximate surface area is 184 Å². The molecule has 3 aromatic rings. The van der Waals surface area contributed by atoms with Crippen LogP contribution in [0.4, 0.5) is 0 Å². The molecular weight excluding hydrogens is 384 g/mol. The molecule has 0 saturated carbocycles. The molecular formula is C27H30N2O2. The van der Waals surface area contributed by atoms with E-state index in [0.29, 0.717) is 12.1 Å². The van der Waals surface area contributed by atoms with Crippen molar-refractivity contribution in [1.29, 1.82) is 0 Å². The number of nitrogens with zero attached hydrogens (tertiary/aromatic N) is 2. The Bertz CT molecular complexity index is 1120. The molecule has 31 heavy (non-hydrogen) atoms. The maximum Gasteiger partial charge on any atom is 0.335 e. The second kappa shape index (κ2) is 7.84. The largest absolute Gasteiger partial charge is 0.478 e. The van der Waals surface area contributed by atoms with E-state index in [-0.39, 0.29) is 10.8 Å². The van der Waals surface area contributed by atoms with Crippen molar-refractivity contribution in [3.63, 3.8) is 0 Å². The minimum atomic E-state index is -0.906. The van der Waals surface area contributed by atoms with Crippen molar-refractivity contribution in [2.24, 2.45) is 0 Å². The number of hydrogen-bond acceptors (Lipinski definition) is 2. The highest BCUT2D eigenvalue weighted by atomic mass is 16.4. The van der Waals surface area contributed by atoms with E-state index in [1.54, 1.807) is 12.1 Å². The topological polar surface area (TPSA) is 55.1 Å². The number of benzene rings is 2. The molecule has 0 spiro atoms. The predicted octanol–water partition coefficient (Wildman–Crippen LogP) is 6.15. The zero-order valence-electron chi connectivity index (χ0n) is 18.7. The highest BCUT2D eigenvalue weighted by Gasteiger charge is 2.37. The average molecular weight is 415 g/mol. The summed E-state index contributed by atoms with van der Waals surface area (Å²) in [6.07, 6.45) is 10.4. The molecule has 0 saturated heterocycles. The van der Waals surface area contributed by atoms with E-state index >= 15 is 0 Å². The van der Waals surface area contributed by atoms with Gasteiger partial charge in [0.25, 0.3) is 0 Å². The van der Waals surface area contributed by atoms with Crippen LogP contribution in [0, 0.1) is 0 Å². The Morgan fingerprint density at radius 3 is 2.26 bits per heavy atom. The van der Waals surface area contributed by atoms with Gasteiger partial charge < -0.3 is 5.11 Å². The molecule has 4 heteroatoms. The second-order valence-corrected chi connectivity index (χ2v) is 9.83. The van der Waals surface area contributed by atoms with Gasteiger partial charge in [0.15, 0.2) is 0 Å². The lowest BCUT2D eigenvalue weighted by atomic mass is 9.62. The molecule has 160 valence electrons. The first kappa shape index (κ1) is 21.1. The van der Waals surface area contributed by atoms with Crippen molar-refractivity contribution < 1.29 is 9.90 Å². The van der Waals surface area contributed by atoms with Crippen molar-refractivity contribution >= 4 is 18.1 Å². The standard InChI is InChI=1S/C27H30N2O2/c1-26(2)12-13-27(3,4)24-17-22(18-29-15-5-14-28-29)21(16-23(24)26)11-8-19-6-9-20(10-7-19)25(30)31/h5-11,14-17H,12-13,18H2,1-4H3,(H,30,31). The SMILES string of the molecule is CC1(C)CCC(C)(C)c2cc(Cn3cccn3)c(C=Cc3ccc(C(=O)O)cc3)cc21. The van der Waals surface area contributed by atoms with Crippen molar-refractivity contribution in [2.75, 3.05) is 0 Å². The van der Waals surface area contributed by atoms with Crippen molar-refractivity contribution in [1.82, 2.24) is 9.78 Å². The first-order chi connectivity index (χ1) is 14.7. The van der Waals surface area contributed by atoms with E-state index < -0.39 is 5.97 Å². The smallest absolute Gasteiger partial charge is 0.335 e. The molecule has 1 aliphatic rings. The fraction of sp³-hybridized carbons (Fsp3) is 0.333. The Kier molecular flexibility index (Phi) is 5.34. The summed E-state index contributed by atoms with van der Waals surface area (Å²) in [5.41, 5.74) is 6.86. The maximum atomic E-state index is 11.1. The average Bonchev–Trinajstić information content (AvgIpc) is 3.23. The van der Waals surface area contributed by atoms with Gasteiger partial charge in [-0.15, -0.1) is 0 Å². The van der Waals surface area contributed by atoms with Gasteiger partial charge in [-0.25, -0.2) is 4.79 Å². The van der Waals surface area contributed by atoms with Gasteiger partial charge in [-0.1, -0.05) is 64.1 Å². The van der Waals surface area contributed by atoms with Gasteiger partial charge in [0.1, 0.15) is 0 Å². The normalized spacial score (nSPS) is 16.9. The molecule has 1 heterocycles. The second-order valence-electron chi connectivity index (χ2n) is 9.83. The number of carbonyl (C=O) groups is 1. The van der Waals surface area contributed by atoms with Crippen molar-refractivity contribution in [3.05, 3.63) is 88.2 Å². The summed E-state index contributed by atoms with van der Waals surface area (Å²) in [6, 6.07) is 13.7. The molecule has 1 aliphatic carbocycles. The number of rotatable bonds is 5. The first-order valence-electron chi connectivity index (χ1n) is 10.8. The van der Waals surface area contributed by atoms with Crippen LogP contribution in [0.25, 0.3) is 12.2 Å². The van der Waals surface area contributed by atoms with Crippen LogP contribution in [0.2, 0.25) is 0 Å². The summed E-state index contributed by atoms with van der Waals surface area (Å²) in [5.74, 6) is -0.906. The zero-order chi connectivity index (χ0) is 22.2. The summed E-state index contributed by atoms with van der Waals surface area (Å²) in [4.78, 5) is 11.1. The summed E-state index contributed by atoms with van der Waals surface area (Å²) >= 11 is 0. The van der Waals surface area contributed by atoms with E-state index in [0.717, 1.165) is 5.56 Å². The van der Waals surface area contributed by atoms with Crippen LogP contribution in [-0.2, 0) is 17.4 Å². The lowest BCUT2D eigenvalue weighted by Crippen LogP contribution is -2.34. The van der Waals surface area contributed by atoms with E-state index in [4.69, 9.17) is 5.11 Å². The van der Waals surface area contributed by atoms with E-state index in [9.17, 15) is 4.79 Å². The van der Waals surface area contributed by atoms with Crippen LogP contribution < -0.4 is 0 Å². The Hall–Kier alpha value is -3.14. The van der Waals surface area contributed by atoms with E-state index in [1.165, 1.54) is 35.1 Å². The number of hydrogen-bond donors (Lipinski definition) is 1. The van der Waals surface area contributed by atoms with E-state index in [1.807, 2.05) is 35.3 Å². The fourth-order valence-corrected chi connectivity index (χ4v) is 4.46. The van der Waals surface area contributed by atoms with Gasteiger partial charge in [-0.2, -0.15) is 5.10 Å². The van der Waals surface area contributed by atoms with Gasteiger partial charge in [-0.3, -0.25) is 4.68 Å². The number of aromatic nitrogens is 2. The van der Waals surface area contributed by atoms with Crippen molar-refractivity contribution in [2.45, 2.75) is 57.9 Å². The number of fused-ring (bicyclic) bond motifs is 1. The lowest BCUT2D eigenvalue weighted by Gasteiger charge is -2.42. The summed E-state index contributed by atoms with van der Waals surface area (Å²) in [7, 11) is 0. The molecule has 2 aromatic carbocycles. The number of aromatic carboxylic acids is 1. The summed E-state index contributed by atoms with van der Waals surface area (Å²) in [5, 5.41) is 13.5. The van der Waals surface area contributed by atoms with Crippen LogP contribution in [0.5, 0.6) is 0 Å². The minimum Gasteiger partial charge on any atom is -0.478 e. The molecule has 0 amide bonds. The van der Waals surface area contributed by atoms with Crippen LogP contribution in [0.15, 0.2) is 54.9 Å². The van der Waals surface area contributed by atoms with Gasteiger partial charge >= 0.3 is 5.97 Å². The van der Waals surface area contributed by atoms with Gasteiger partial charge in [0.2, 0.25) is 0 Å². The molecule has 0 radical (unpaired) electrons. The quantitative estimate of drug-likeness (QED) is 0.510. The van der Waals surface area contributed by atoms with E-state index in [2.05, 4.69) is 57.1 Å². The number of carboxylic acid groups (broad SMARTS) is 1. The molecule has 4 rings (SSSR count). The molecule has 1 aromatic heterocycles. The van der Waals surface area contributed by atoms with Crippen LogP contribution in [-0.4, -0.2) is 20.9 Å². The van der Waals surface area contributed by atoms with Gasteiger partial charge in [0, 0.05) is 12.4 Å². The number of carboxylic acids is 1. The third kappa shape index (κ3) is 4.34. The lowest BCUT2D eigenvalue weighted by molar-refractivity contribution is 0.0697. The summed E-state index contributed by atoms with van der Waals surface area (Å²) < 4.78 is 1.96. The highest BCUT2D eigenvalue weighted by Crippen LogP contribution is 2.46. The highest BCUT2D eigenvalue weighted by molar-refractivity contribution is 5.88. The summed E-state index contributed by atoms with van der Waals surface area (Å²) in [6.45, 7) is 10.1. The predicted molar refractivity (Wildman–Crippen MR) is 125 cm³/mol. The van der Waals surface area contributed by atoms with Crippen LogP contribution >= 0.6 is 0 Å². The molecule has 4 nitrogen and oxygen atoms in total. The Morgan fingerprint density at radius 1 is 1.03 bits per heavy atom. The molecule has 0 fully saturated rings. The van der Waals surface area contributed by atoms with Gasteiger partial charge in [0.05, 0.1) is 12.1 Å². The molecule has 0 unspecified atom stereocenters. The molecule has 0 bridgehead atoms. The monoisotopic (exact) mass is 414 g/mol. The fourth-order valence-electron chi connectivity index (χ4n) is 4.46. The van der Waals surface area contributed by atoms with Crippen LogP contribution in [0.1, 0.15) is 78.7 Å². The zero-order valence-corrected chi connectivity index (χ0v) is 18.7. The third-order valence-electron chi connectivity index (χ3n) is 6.62. The molecule has 1 N–H and O–H groups in total. The maximum absolute atomic E-state index is 11.1. The Balaban J connectivity index is 1.78. The first-order valence-corrected chi connectivity index (χ1v) is 10.8. The van der Waals surface area contributed by atoms with Gasteiger partial charge in [-0.05, 0) is 69.7 Å². The van der Waals surface area contributed by atoms with Crippen molar-refractivity contribution in [3.8, 4) is 0 Å². The Morgan fingerprint density at radius 2 is 1.68 bits per heavy atom. The van der Waals surface area contributed by atoms with Crippen LogP contribution in [0.3, 0.4) is 0 Å². The third-order valence-corrected chi connectivity index (χ3v) is 6.62.